The van der Waals surface area contributed by atoms with Crippen LogP contribution >= 0.6 is 12.4 Å². The third-order valence-corrected chi connectivity index (χ3v) is 3.19. The maximum Gasteiger partial charge on any atom is 0.209 e. The van der Waals surface area contributed by atoms with Crippen molar-refractivity contribution >= 4 is 18.8 Å². The van der Waals surface area contributed by atoms with E-state index in [2.05, 4.69) is 4.90 Å². The van der Waals surface area contributed by atoms with Crippen molar-refractivity contribution in [1.29, 1.82) is 0 Å². The minimum atomic E-state index is -0.187. The molecule has 0 aromatic heterocycles. The summed E-state index contributed by atoms with van der Waals surface area (Å²) in [4.78, 5) is 14.7. The topological polar surface area (TPSA) is 23.6 Å². The minimum absolute atomic E-state index is 0. The highest BCUT2D eigenvalue weighted by molar-refractivity contribution is 5.85. The van der Waals surface area contributed by atoms with Gasteiger partial charge in [-0.15, -0.1) is 12.4 Å². The largest absolute Gasteiger partial charge is 0.343 e. The van der Waals surface area contributed by atoms with Gasteiger partial charge in [0, 0.05) is 32.7 Å². The Kier molecular flexibility index (Phi) is 6.09. The van der Waals surface area contributed by atoms with Crippen LogP contribution in [0.3, 0.4) is 0 Å². The normalized spacial score (nSPS) is 16.2. The van der Waals surface area contributed by atoms with Crippen molar-refractivity contribution in [2.75, 3.05) is 32.7 Å². The summed E-state index contributed by atoms with van der Waals surface area (Å²) < 4.78 is 12.7. The lowest BCUT2D eigenvalue weighted by Crippen LogP contribution is -2.46. The summed E-state index contributed by atoms with van der Waals surface area (Å²) in [6.07, 6.45) is 1.85. The SMILES string of the molecule is Cl.O=CN1CCN(CCc2ccc(F)cc2)CC1. The molecular formula is C13H18ClFN2O. The molecule has 0 unspecified atom stereocenters. The third kappa shape index (κ3) is 4.27. The van der Waals surface area contributed by atoms with Gasteiger partial charge in [0.15, 0.2) is 0 Å². The van der Waals surface area contributed by atoms with Crippen molar-refractivity contribution < 1.29 is 9.18 Å². The molecule has 3 nitrogen and oxygen atoms in total. The highest BCUT2D eigenvalue weighted by Crippen LogP contribution is 2.06. The Morgan fingerprint density at radius 2 is 1.72 bits per heavy atom. The maximum atomic E-state index is 12.7. The van der Waals surface area contributed by atoms with E-state index in [4.69, 9.17) is 0 Å². The van der Waals surface area contributed by atoms with E-state index in [0.717, 1.165) is 51.1 Å². The predicted molar refractivity (Wildman–Crippen MR) is 71.4 cm³/mol. The number of amides is 1. The molecule has 1 heterocycles. The lowest BCUT2D eigenvalue weighted by atomic mass is 10.1. The van der Waals surface area contributed by atoms with Crippen LogP contribution in [0.5, 0.6) is 0 Å². The molecule has 1 aliphatic rings. The third-order valence-electron chi connectivity index (χ3n) is 3.19. The van der Waals surface area contributed by atoms with Gasteiger partial charge in [0.2, 0.25) is 6.41 Å². The first kappa shape index (κ1) is 14.9. The minimum Gasteiger partial charge on any atom is -0.343 e. The van der Waals surface area contributed by atoms with E-state index in [1.165, 1.54) is 12.1 Å². The van der Waals surface area contributed by atoms with Gasteiger partial charge in [0.1, 0.15) is 5.82 Å². The first-order chi connectivity index (χ1) is 8.28. The number of nitrogens with zero attached hydrogens (tertiary/aromatic N) is 2. The van der Waals surface area contributed by atoms with Crippen LogP contribution < -0.4 is 0 Å². The van der Waals surface area contributed by atoms with Crippen molar-refractivity contribution in [3.05, 3.63) is 35.6 Å². The van der Waals surface area contributed by atoms with Gasteiger partial charge < -0.3 is 4.90 Å². The van der Waals surface area contributed by atoms with Crippen LogP contribution in [0, 0.1) is 5.82 Å². The number of carbonyl (C=O) groups is 1. The van der Waals surface area contributed by atoms with E-state index in [0.29, 0.717) is 0 Å². The summed E-state index contributed by atoms with van der Waals surface area (Å²) in [5.41, 5.74) is 1.16. The summed E-state index contributed by atoms with van der Waals surface area (Å²) in [5, 5.41) is 0. The zero-order valence-electron chi connectivity index (χ0n) is 10.2. The van der Waals surface area contributed by atoms with Crippen molar-refractivity contribution in [2.45, 2.75) is 6.42 Å². The average molecular weight is 273 g/mol. The molecule has 1 amide bonds. The van der Waals surface area contributed by atoms with E-state index in [1.54, 1.807) is 4.90 Å². The zero-order chi connectivity index (χ0) is 12.1. The summed E-state index contributed by atoms with van der Waals surface area (Å²) in [6, 6.07) is 6.66. The molecule has 2 rings (SSSR count). The Balaban J connectivity index is 0.00000162. The van der Waals surface area contributed by atoms with E-state index in [1.807, 2.05) is 12.1 Å². The number of hydrogen-bond donors (Lipinski definition) is 0. The smallest absolute Gasteiger partial charge is 0.209 e. The van der Waals surface area contributed by atoms with Gasteiger partial charge in [-0.25, -0.2) is 4.39 Å². The van der Waals surface area contributed by atoms with E-state index >= 15 is 0 Å². The monoisotopic (exact) mass is 272 g/mol. The molecule has 0 spiro atoms. The number of rotatable bonds is 4. The second-order valence-electron chi connectivity index (χ2n) is 4.36. The molecule has 0 radical (unpaired) electrons. The van der Waals surface area contributed by atoms with Crippen LogP contribution in [-0.2, 0) is 11.2 Å². The van der Waals surface area contributed by atoms with Crippen molar-refractivity contribution in [3.63, 3.8) is 0 Å². The van der Waals surface area contributed by atoms with Crippen LogP contribution in [0.15, 0.2) is 24.3 Å². The molecule has 18 heavy (non-hydrogen) atoms. The first-order valence-electron chi connectivity index (χ1n) is 5.94. The summed E-state index contributed by atoms with van der Waals surface area (Å²) >= 11 is 0. The highest BCUT2D eigenvalue weighted by Gasteiger charge is 2.14. The lowest BCUT2D eigenvalue weighted by molar-refractivity contribution is -0.119. The Morgan fingerprint density at radius 1 is 1.11 bits per heavy atom. The molecule has 0 atom stereocenters. The quantitative estimate of drug-likeness (QED) is 0.777. The number of carbonyl (C=O) groups excluding carboxylic acids is 1. The molecule has 1 aliphatic heterocycles. The van der Waals surface area contributed by atoms with Gasteiger partial charge in [-0.05, 0) is 24.1 Å². The second-order valence-corrected chi connectivity index (χ2v) is 4.36. The van der Waals surface area contributed by atoms with Gasteiger partial charge in [-0.2, -0.15) is 0 Å². The van der Waals surface area contributed by atoms with E-state index < -0.39 is 0 Å². The zero-order valence-corrected chi connectivity index (χ0v) is 11.0. The van der Waals surface area contributed by atoms with Crippen LogP contribution in [0.25, 0.3) is 0 Å². The van der Waals surface area contributed by atoms with Gasteiger partial charge in [-0.3, -0.25) is 9.69 Å². The Labute approximate surface area is 113 Å². The van der Waals surface area contributed by atoms with Crippen LogP contribution in [0.4, 0.5) is 4.39 Å². The molecule has 0 N–H and O–H groups in total. The second kappa shape index (κ2) is 7.34. The number of hydrogen-bond acceptors (Lipinski definition) is 2. The van der Waals surface area contributed by atoms with Crippen LogP contribution in [0.1, 0.15) is 5.56 Å². The molecular weight excluding hydrogens is 255 g/mol. The van der Waals surface area contributed by atoms with Crippen LogP contribution in [0.2, 0.25) is 0 Å². The predicted octanol–water partition coefficient (Wildman–Crippen LogP) is 1.56. The molecule has 1 fully saturated rings. The van der Waals surface area contributed by atoms with Gasteiger partial charge in [0.25, 0.3) is 0 Å². The number of benzene rings is 1. The first-order valence-corrected chi connectivity index (χ1v) is 5.94. The van der Waals surface area contributed by atoms with Crippen molar-refractivity contribution in [2.24, 2.45) is 0 Å². The summed E-state index contributed by atoms with van der Waals surface area (Å²) in [5.74, 6) is -0.187. The number of halogens is 2. The van der Waals surface area contributed by atoms with E-state index in [-0.39, 0.29) is 18.2 Å². The Morgan fingerprint density at radius 3 is 2.28 bits per heavy atom. The van der Waals surface area contributed by atoms with Gasteiger partial charge in [0.05, 0.1) is 0 Å². The Bertz CT molecular complexity index is 364. The van der Waals surface area contributed by atoms with E-state index in [9.17, 15) is 9.18 Å². The lowest BCUT2D eigenvalue weighted by Gasteiger charge is -2.32. The average Bonchev–Trinajstić information content (AvgIpc) is 2.39. The van der Waals surface area contributed by atoms with Gasteiger partial charge in [-0.1, -0.05) is 12.1 Å². The standard InChI is InChI=1S/C13H17FN2O.ClH/c14-13-3-1-12(2-4-13)5-6-15-7-9-16(11-17)10-8-15;/h1-4,11H,5-10H2;1H. The molecule has 0 aliphatic carbocycles. The fraction of sp³-hybridized carbons (Fsp3) is 0.462. The summed E-state index contributed by atoms with van der Waals surface area (Å²) in [7, 11) is 0. The molecule has 1 saturated heterocycles. The molecule has 5 heteroatoms. The van der Waals surface area contributed by atoms with Crippen molar-refractivity contribution in [1.82, 2.24) is 9.80 Å². The molecule has 0 bridgehead atoms. The molecule has 1 aromatic carbocycles. The highest BCUT2D eigenvalue weighted by atomic mass is 35.5. The molecule has 100 valence electrons. The fourth-order valence-corrected chi connectivity index (χ4v) is 2.03. The number of piperazine rings is 1. The van der Waals surface area contributed by atoms with Crippen LogP contribution in [-0.4, -0.2) is 48.9 Å². The summed E-state index contributed by atoms with van der Waals surface area (Å²) in [6.45, 7) is 4.46. The fourth-order valence-electron chi connectivity index (χ4n) is 2.03. The molecule has 1 aromatic rings. The van der Waals surface area contributed by atoms with Gasteiger partial charge >= 0.3 is 0 Å². The maximum absolute atomic E-state index is 12.7. The van der Waals surface area contributed by atoms with Crippen molar-refractivity contribution in [3.8, 4) is 0 Å². The Hall–Kier alpha value is -1.13. The molecule has 0 saturated carbocycles.